The smallest absolute Gasteiger partial charge is 0.278 e. The maximum atomic E-state index is 11.9. The van der Waals surface area contributed by atoms with Gasteiger partial charge in [0, 0.05) is 40.2 Å². The Morgan fingerprint density at radius 2 is 1.93 bits per heavy atom. The van der Waals surface area contributed by atoms with Gasteiger partial charge in [0.25, 0.3) is 5.91 Å². The zero-order chi connectivity index (χ0) is 10.6. The molecule has 5 nitrogen and oxygen atoms in total. The number of carbonyl (C=O) groups is 1. The molecule has 1 fully saturated rings. The number of rotatable bonds is 3. The number of amides is 1. The van der Waals surface area contributed by atoms with Gasteiger partial charge in [-0.05, 0) is 0 Å². The fourth-order valence-corrected chi connectivity index (χ4v) is 1.58. The molecule has 1 aliphatic rings. The van der Waals surface area contributed by atoms with Gasteiger partial charge in [-0.2, -0.15) is 0 Å². The van der Waals surface area contributed by atoms with Crippen LogP contribution in [0, 0.1) is 0 Å². The van der Waals surface area contributed by atoms with Gasteiger partial charge in [0.2, 0.25) is 0 Å². The molecule has 0 saturated carbocycles. The van der Waals surface area contributed by atoms with Gasteiger partial charge in [-0.25, -0.2) is 5.06 Å². The van der Waals surface area contributed by atoms with Crippen LogP contribution in [-0.2, 0) is 19.1 Å². The Balaban J connectivity index is 2.72. The Morgan fingerprint density at radius 1 is 1.36 bits per heavy atom. The molecule has 0 bridgehead atoms. The van der Waals surface area contributed by atoms with E-state index in [-0.39, 0.29) is 5.91 Å². The largest absolute Gasteiger partial charge is 0.381 e. The molecular formula is C9H17NO4. The molecule has 0 aromatic rings. The maximum absolute atomic E-state index is 11.9. The molecule has 5 heteroatoms. The van der Waals surface area contributed by atoms with Gasteiger partial charge in [-0.15, -0.1) is 0 Å². The summed E-state index contributed by atoms with van der Waals surface area (Å²) in [6.45, 7) is 1.11. The summed E-state index contributed by atoms with van der Waals surface area (Å²) in [5.41, 5.74) is -0.761. The standard InChI is InChI=1S/C9H17NO4/c1-10(13-3)8(11)9(12-2)4-6-14-7-5-9/h4-7H2,1-3H3. The molecular weight excluding hydrogens is 186 g/mol. The highest BCUT2D eigenvalue weighted by atomic mass is 16.7. The number of nitrogens with zero attached hydrogens (tertiary/aromatic N) is 1. The van der Waals surface area contributed by atoms with Crippen LogP contribution in [0.2, 0.25) is 0 Å². The minimum atomic E-state index is -0.761. The van der Waals surface area contributed by atoms with Crippen molar-refractivity contribution in [1.29, 1.82) is 0 Å². The van der Waals surface area contributed by atoms with E-state index in [0.29, 0.717) is 26.1 Å². The van der Waals surface area contributed by atoms with E-state index in [1.165, 1.54) is 12.2 Å². The fourth-order valence-electron chi connectivity index (χ4n) is 1.58. The summed E-state index contributed by atoms with van der Waals surface area (Å²) in [5.74, 6) is -0.147. The van der Waals surface area contributed by atoms with E-state index < -0.39 is 5.60 Å². The molecule has 1 aliphatic heterocycles. The second-order valence-corrected chi connectivity index (χ2v) is 3.30. The molecule has 0 radical (unpaired) electrons. The number of ether oxygens (including phenoxy) is 2. The zero-order valence-corrected chi connectivity index (χ0v) is 8.91. The first-order valence-electron chi connectivity index (χ1n) is 4.61. The summed E-state index contributed by atoms with van der Waals surface area (Å²) in [5, 5.41) is 1.20. The lowest BCUT2D eigenvalue weighted by atomic mass is 9.93. The highest BCUT2D eigenvalue weighted by Crippen LogP contribution is 2.26. The van der Waals surface area contributed by atoms with Crippen LogP contribution in [0.1, 0.15) is 12.8 Å². The van der Waals surface area contributed by atoms with Crippen molar-refractivity contribution < 1.29 is 19.1 Å². The van der Waals surface area contributed by atoms with Gasteiger partial charge in [0.15, 0.2) is 5.60 Å². The topological polar surface area (TPSA) is 48.0 Å². The molecule has 0 unspecified atom stereocenters. The van der Waals surface area contributed by atoms with Crippen LogP contribution in [0.4, 0.5) is 0 Å². The Bertz CT molecular complexity index is 201. The fraction of sp³-hybridized carbons (Fsp3) is 0.889. The Morgan fingerprint density at radius 3 is 2.36 bits per heavy atom. The molecule has 1 rings (SSSR count). The first kappa shape index (κ1) is 11.4. The minimum absolute atomic E-state index is 0.147. The van der Waals surface area contributed by atoms with Crippen LogP contribution in [0.25, 0.3) is 0 Å². The molecule has 0 N–H and O–H groups in total. The number of hydrogen-bond acceptors (Lipinski definition) is 4. The number of likely N-dealkylation sites (N-methyl/N-ethyl adjacent to an activating group) is 1. The SMILES string of the molecule is CON(C)C(=O)C1(OC)CCOCC1. The zero-order valence-electron chi connectivity index (χ0n) is 8.91. The van der Waals surface area contributed by atoms with E-state index in [4.69, 9.17) is 14.3 Å². The predicted octanol–water partition coefficient (Wildman–Crippen LogP) is 0.202. The van der Waals surface area contributed by atoms with Crippen LogP contribution in [-0.4, -0.2) is 51.1 Å². The number of methoxy groups -OCH3 is 1. The quantitative estimate of drug-likeness (QED) is 0.615. The third-order valence-corrected chi connectivity index (χ3v) is 2.64. The molecule has 1 amide bonds. The monoisotopic (exact) mass is 203 g/mol. The van der Waals surface area contributed by atoms with Crippen molar-refractivity contribution in [3.05, 3.63) is 0 Å². The second-order valence-electron chi connectivity index (χ2n) is 3.30. The number of carbonyl (C=O) groups excluding carboxylic acids is 1. The summed E-state index contributed by atoms with van der Waals surface area (Å²) in [6.07, 6.45) is 1.16. The Hall–Kier alpha value is -0.650. The Labute approximate surface area is 83.9 Å². The Kier molecular flexibility index (Phi) is 3.86. The average molecular weight is 203 g/mol. The van der Waals surface area contributed by atoms with Gasteiger partial charge >= 0.3 is 0 Å². The molecule has 0 atom stereocenters. The lowest BCUT2D eigenvalue weighted by Gasteiger charge is -2.36. The third kappa shape index (κ3) is 2.05. The second kappa shape index (κ2) is 4.72. The lowest BCUT2D eigenvalue weighted by Crippen LogP contribution is -2.51. The van der Waals surface area contributed by atoms with E-state index in [1.807, 2.05) is 0 Å². The predicted molar refractivity (Wildman–Crippen MR) is 49.6 cm³/mol. The third-order valence-electron chi connectivity index (χ3n) is 2.64. The van der Waals surface area contributed by atoms with Crippen molar-refractivity contribution in [3.63, 3.8) is 0 Å². The molecule has 82 valence electrons. The molecule has 14 heavy (non-hydrogen) atoms. The van der Waals surface area contributed by atoms with Crippen molar-refractivity contribution in [2.75, 3.05) is 34.5 Å². The van der Waals surface area contributed by atoms with Gasteiger partial charge in [0.1, 0.15) is 0 Å². The average Bonchev–Trinajstić information content (AvgIpc) is 2.28. The van der Waals surface area contributed by atoms with E-state index in [9.17, 15) is 4.79 Å². The van der Waals surface area contributed by atoms with Crippen molar-refractivity contribution in [3.8, 4) is 0 Å². The summed E-state index contributed by atoms with van der Waals surface area (Å²) in [7, 11) is 4.59. The highest BCUT2D eigenvalue weighted by Gasteiger charge is 2.42. The first-order chi connectivity index (χ1) is 6.66. The minimum Gasteiger partial charge on any atom is -0.381 e. The summed E-state index contributed by atoms with van der Waals surface area (Å²) in [6, 6.07) is 0. The van der Waals surface area contributed by atoms with E-state index >= 15 is 0 Å². The first-order valence-corrected chi connectivity index (χ1v) is 4.61. The normalized spacial score (nSPS) is 20.5. The van der Waals surface area contributed by atoms with Crippen molar-refractivity contribution >= 4 is 5.91 Å². The van der Waals surface area contributed by atoms with Crippen molar-refractivity contribution in [2.24, 2.45) is 0 Å². The van der Waals surface area contributed by atoms with Crippen LogP contribution >= 0.6 is 0 Å². The number of hydroxylamine groups is 2. The van der Waals surface area contributed by atoms with Crippen LogP contribution in [0.5, 0.6) is 0 Å². The molecule has 1 saturated heterocycles. The van der Waals surface area contributed by atoms with Gasteiger partial charge < -0.3 is 9.47 Å². The van der Waals surface area contributed by atoms with Crippen molar-refractivity contribution in [2.45, 2.75) is 18.4 Å². The van der Waals surface area contributed by atoms with Crippen LogP contribution < -0.4 is 0 Å². The maximum Gasteiger partial charge on any atom is 0.278 e. The van der Waals surface area contributed by atoms with E-state index in [2.05, 4.69) is 0 Å². The van der Waals surface area contributed by atoms with Gasteiger partial charge in [-0.3, -0.25) is 9.63 Å². The summed E-state index contributed by atoms with van der Waals surface area (Å²) in [4.78, 5) is 16.8. The summed E-state index contributed by atoms with van der Waals surface area (Å²) < 4.78 is 10.5. The van der Waals surface area contributed by atoms with Crippen LogP contribution in [0.3, 0.4) is 0 Å². The lowest BCUT2D eigenvalue weighted by molar-refractivity contribution is -0.200. The van der Waals surface area contributed by atoms with E-state index in [1.54, 1.807) is 14.2 Å². The number of hydrogen-bond donors (Lipinski definition) is 0. The van der Waals surface area contributed by atoms with Crippen LogP contribution in [0.15, 0.2) is 0 Å². The van der Waals surface area contributed by atoms with E-state index in [0.717, 1.165) is 0 Å². The van der Waals surface area contributed by atoms with Gasteiger partial charge in [0.05, 0.1) is 7.11 Å². The molecule has 0 aliphatic carbocycles. The molecule has 0 spiro atoms. The van der Waals surface area contributed by atoms with Gasteiger partial charge in [-0.1, -0.05) is 0 Å². The summed E-state index contributed by atoms with van der Waals surface area (Å²) >= 11 is 0. The molecule has 0 aromatic heterocycles. The van der Waals surface area contributed by atoms with Crippen molar-refractivity contribution in [1.82, 2.24) is 5.06 Å². The molecule has 1 heterocycles. The highest BCUT2D eigenvalue weighted by molar-refractivity contribution is 5.84. The molecule has 0 aromatic carbocycles.